The summed E-state index contributed by atoms with van der Waals surface area (Å²) in [5.41, 5.74) is 2.93. The smallest absolute Gasteiger partial charge is 1.00 e. The molecule has 1 fully saturated rings. The Labute approximate surface area is 874 Å². The van der Waals surface area contributed by atoms with Gasteiger partial charge in [-0.15, -0.1) is 0 Å². The van der Waals surface area contributed by atoms with E-state index in [1.165, 1.54) is 45.0 Å². The van der Waals surface area contributed by atoms with E-state index in [9.17, 15) is 124 Å². The normalized spacial score (nSPS) is 13.7. The van der Waals surface area contributed by atoms with Crippen molar-refractivity contribution in [1.29, 1.82) is 15.8 Å². The van der Waals surface area contributed by atoms with E-state index in [1.54, 1.807) is 43.3 Å². The van der Waals surface area contributed by atoms with Crippen molar-refractivity contribution >= 4 is 74.0 Å². The molecule has 0 unspecified atom stereocenters. The molecule has 10 aromatic rings. The molecule has 11 rings (SSSR count). The van der Waals surface area contributed by atoms with Gasteiger partial charge in [-0.05, 0) is 157 Å². The van der Waals surface area contributed by atoms with E-state index in [2.05, 4.69) is 58.4 Å². The third-order valence-electron chi connectivity index (χ3n) is 19.9. The SMILES string of the molecule is N#Cc1ccc(N)cc1-c1ccccc1.O=CO[O-].OC(C(F)(F)F)C(F)(F)F.[C-]#[N+]c1ccc(CC(=O)[C@@](C)(O)CBr)cc1C(F)(F)F.[C-]#[N+]c1ccc(CC(=O)[C@@](C)(O)CCc2ccc(C#N)c(-c3ccccc3)c2)cc1C(F)(F)F.[C-]#[N+]c1ccc(CC(=O)[C@@](C)(O)CCc2ccc(C#N)c(-c3ccccc3)c2)cc1C(F)(F)F.[C-]#[N+]c1ccc(CC(=O)[C@]2(C)CO2)cc1C(F)(F)F.[H-].[K+].[K+]. The second kappa shape index (κ2) is 53.3. The number of nitrogens with zero attached hydrogens (tertiary/aromatic N) is 7. The molecule has 1 heterocycles. The van der Waals surface area contributed by atoms with Gasteiger partial charge >= 0.3 is 140 Å². The Hall–Kier alpha value is -11.2. The first kappa shape index (κ1) is 121. The minimum Gasteiger partial charge on any atom is -1.00 e. The zero-order valence-electron chi connectivity index (χ0n) is 74.5. The summed E-state index contributed by atoms with van der Waals surface area (Å²) in [5, 5.41) is 74.9. The summed E-state index contributed by atoms with van der Waals surface area (Å²) >= 11 is 2.96. The number of carbonyl (C=O) groups excluding carboxylic acids is 5. The predicted molar refractivity (Wildman–Crippen MR) is 463 cm³/mol. The molecule has 0 aliphatic carbocycles. The standard InChI is InChI=1S/2C27H21F3N2O2.C13H11BrF3NO2.C13H10F3NO2.C13H10N2.C3H2F6O.CH2O3.2K.H/c2*1-26(34,25(33)16-19-9-11-24(32-2)23(15-19)27(28,29)30)13-12-18-8-10-21(17-31)22(14-18)20-6-4-3-5-7-20;1-12(20,7-14)11(19)6-8-3-4-10(18-2)9(5-8)13(15,16)17;1-12(7-19-12)11(18)6-8-3-4-10(17-2)9(5-8)13(14,15)16;14-9-11-6-7-12(15)8-13(11)10-4-2-1-3-5-10;4-2(5,6)1(10)3(7,8)9;2-1-4-3;;;/h2*3-11,14-15,34H,12-13,16H2,1H3;3-5,20H,6-7H2,1H3;3-5H,6-7H2,1H3;1-8H,15H2;1,10H;1,3H;;;/q;;;;;;;2*+1;-1/p-1/t2*26-;2*12-;;;;;;/m0000....../s1. The van der Waals surface area contributed by atoms with Crippen molar-refractivity contribution in [3.05, 3.63) is 336 Å². The number of aliphatic hydroxyl groups is 4. The average molecular weight is 2050 g/mol. The summed E-state index contributed by atoms with van der Waals surface area (Å²) in [5.74, 6) is -2.09. The maximum absolute atomic E-state index is 13.2. The number of hydrogen-bond donors (Lipinski definition) is 5. The third kappa shape index (κ3) is 37.2. The topological polar surface area (TPSA) is 326 Å². The van der Waals surface area contributed by atoms with E-state index < -0.39 is 141 Å². The summed E-state index contributed by atoms with van der Waals surface area (Å²) in [6.07, 6.45) is -34.7. The van der Waals surface area contributed by atoms with E-state index in [0.29, 0.717) is 41.8 Å². The maximum atomic E-state index is 13.2. The molecule has 0 bridgehead atoms. The van der Waals surface area contributed by atoms with Gasteiger partial charge in [0.2, 0.25) is 6.10 Å². The van der Waals surface area contributed by atoms with Crippen molar-refractivity contribution in [3.8, 4) is 51.6 Å². The first-order valence-electron chi connectivity index (χ1n) is 39.2. The Morgan fingerprint density at radius 2 is 0.710 bits per heavy atom. The summed E-state index contributed by atoms with van der Waals surface area (Å²) in [6.45, 7) is 33.0. The molecule has 712 valence electrons. The number of nitriles is 3. The van der Waals surface area contributed by atoms with Crippen LogP contribution in [0.15, 0.2) is 218 Å². The van der Waals surface area contributed by atoms with Crippen LogP contribution in [0, 0.1) is 60.3 Å². The Kier molecular flexibility index (Phi) is 46.7. The maximum Gasteiger partial charge on any atom is 1.00 e. The Balaban J connectivity index is 0.000000579. The number of nitrogens with two attached hydrogens (primary N) is 1. The molecule has 0 radical (unpaired) electrons. The fraction of sp³-hybridized carbons (Fsp3) is 0.258. The number of aliphatic hydroxyl groups excluding tert-OH is 1. The van der Waals surface area contributed by atoms with Crippen molar-refractivity contribution in [2.45, 2.75) is 145 Å². The molecule has 0 aromatic heterocycles. The summed E-state index contributed by atoms with van der Waals surface area (Å²) in [7, 11) is 0. The second-order valence-corrected chi connectivity index (χ2v) is 31.0. The molecule has 20 nitrogen and oxygen atoms in total. The van der Waals surface area contributed by atoms with E-state index in [4.69, 9.17) is 57.2 Å². The minimum absolute atomic E-state index is 0. The molecule has 1 aliphatic rings. The van der Waals surface area contributed by atoms with Gasteiger partial charge in [-0.1, -0.05) is 192 Å². The fourth-order valence-corrected chi connectivity index (χ4v) is 12.4. The number of hydrogen-bond acceptors (Lipinski definition) is 16. The predicted octanol–water partition coefficient (Wildman–Crippen LogP) is 16.1. The van der Waals surface area contributed by atoms with Crippen molar-refractivity contribution in [3.63, 3.8) is 0 Å². The van der Waals surface area contributed by atoms with Crippen molar-refractivity contribution in [2.75, 3.05) is 17.7 Å². The zero-order valence-corrected chi connectivity index (χ0v) is 81.3. The van der Waals surface area contributed by atoms with Gasteiger partial charge < -0.3 is 42.5 Å². The number of Topliss-reactive ketones (excluding diaryl/α,β-unsaturated/α-hetero) is 4. The molecule has 4 atom stereocenters. The number of anilines is 1. The van der Waals surface area contributed by atoms with Crippen molar-refractivity contribution < 1.29 is 243 Å². The molecule has 138 heavy (non-hydrogen) atoms. The largest absolute Gasteiger partial charge is 1.00 e. The van der Waals surface area contributed by atoms with Gasteiger partial charge in [0.25, 0.3) is 6.47 Å². The number of rotatable bonds is 23. The van der Waals surface area contributed by atoms with Gasteiger partial charge in [-0.3, -0.25) is 24.0 Å². The molecule has 6 N–H and O–H groups in total. The molecule has 1 aliphatic heterocycles. The number of ether oxygens (including phenoxy) is 1. The number of carbonyl (C=O) groups is 5. The first-order valence-corrected chi connectivity index (χ1v) is 40.3. The molecule has 0 amide bonds. The monoisotopic (exact) mass is 2040 g/mol. The molecule has 41 heteroatoms. The van der Waals surface area contributed by atoms with Crippen LogP contribution in [0.2, 0.25) is 0 Å². The first-order chi connectivity index (χ1) is 63.3. The average Bonchev–Trinajstić information content (AvgIpc) is 1.61. The molecular formula is C97H77BrF18K2N8O12. The van der Waals surface area contributed by atoms with Crippen LogP contribution >= 0.6 is 15.9 Å². The van der Waals surface area contributed by atoms with Gasteiger partial charge in [0.05, 0.1) is 90.0 Å². The summed E-state index contributed by atoms with van der Waals surface area (Å²) < 4.78 is 227. The number of epoxide rings is 1. The molecule has 0 saturated carbocycles. The molecule has 0 spiro atoms. The van der Waals surface area contributed by atoms with Gasteiger partial charge in [0.1, 0.15) is 22.4 Å². The van der Waals surface area contributed by atoms with Crippen LogP contribution < -0.4 is 114 Å². The van der Waals surface area contributed by atoms with Crippen LogP contribution in [0.1, 0.15) is 114 Å². The van der Waals surface area contributed by atoms with E-state index >= 15 is 0 Å². The van der Waals surface area contributed by atoms with Crippen molar-refractivity contribution in [1.82, 2.24) is 0 Å². The minimum atomic E-state index is -5.63. The Morgan fingerprint density at radius 1 is 0.457 bits per heavy atom. The van der Waals surface area contributed by atoms with Crippen LogP contribution in [-0.4, -0.2) is 103 Å². The number of benzene rings is 10. The van der Waals surface area contributed by atoms with Crippen LogP contribution in [0.3, 0.4) is 0 Å². The number of aryl methyl sites for hydroxylation is 2. The van der Waals surface area contributed by atoms with Crippen LogP contribution in [0.25, 0.3) is 52.8 Å². The fourth-order valence-electron chi connectivity index (χ4n) is 12.1. The van der Waals surface area contributed by atoms with Crippen molar-refractivity contribution in [2.24, 2.45) is 0 Å². The van der Waals surface area contributed by atoms with E-state index in [-0.39, 0.29) is 170 Å². The number of ketones is 4. The molecular weight excluding hydrogens is 1970 g/mol. The van der Waals surface area contributed by atoms with Gasteiger partial charge in [0.15, 0.2) is 45.9 Å². The quantitative estimate of drug-likeness (QED) is 0.00457. The zero-order chi connectivity index (χ0) is 102. The van der Waals surface area contributed by atoms with Crippen LogP contribution in [0.5, 0.6) is 0 Å². The summed E-state index contributed by atoms with van der Waals surface area (Å²) in [4.78, 5) is 71.6. The van der Waals surface area contributed by atoms with E-state index in [0.717, 1.165) is 93.0 Å². The van der Waals surface area contributed by atoms with Gasteiger partial charge in [-0.25, -0.2) is 19.4 Å². The number of alkyl halides is 19. The molecule has 10 aromatic carbocycles. The van der Waals surface area contributed by atoms with Crippen LogP contribution in [-0.2, 0) is 96.8 Å². The van der Waals surface area contributed by atoms with Gasteiger partial charge in [0, 0.05) is 42.3 Å². The van der Waals surface area contributed by atoms with E-state index in [1.807, 2.05) is 109 Å². The second-order valence-electron chi connectivity index (χ2n) is 30.4. The van der Waals surface area contributed by atoms with Crippen LogP contribution in [0.4, 0.5) is 107 Å². The molecule has 1 saturated heterocycles. The van der Waals surface area contributed by atoms with Gasteiger partial charge in [-0.2, -0.15) is 94.8 Å². The number of nitrogen functional groups attached to an aromatic ring is 1. The Bertz CT molecular complexity index is 6000. The Morgan fingerprint density at radius 3 is 0.942 bits per heavy atom. The third-order valence-corrected chi connectivity index (χ3v) is 21.0. The number of halogens is 19. The summed E-state index contributed by atoms with van der Waals surface area (Å²) in [6, 6.07) is 63.5.